The maximum absolute atomic E-state index is 12.6. The molecule has 2 heterocycles. The maximum atomic E-state index is 12.6. The lowest BCUT2D eigenvalue weighted by atomic mass is 9.75. The van der Waals surface area contributed by atoms with E-state index in [0.717, 1.165) is 23.2 Å². The van der Waals surface area contributed by atoms with Crippen LogP contribution in [0.1, 0.15) is 44.9 Å². The van der Waals surface area contributed by atoms with E-state index in [1.165, 1.54) is 50.9 Å². The normalized spacial score (nSPS) is 25.2. The molecule has 4 nitrogen and oxygen atoms in total. The third-order valence-corrected chi connectivity index (χ3v) is 7.69. The highest BCUT2D eigenvalue weighted by Crippen LogP contribution is 2.38. The number of halogens is 3. The van der Waals surface area contributed by atoms with Crippen molar-refractivity contribution in [3.8, 4) is 0 Å². The Bertz CT molecular complexity index is 898. The SMILES string of the molecule is Nc1ccc(N2CCCC(C(F)(F)F)C2)cc1.Nc1ccc(N2CC[C@H]3CCCC[C@H]3C2)cc1. The minimum Gasteiger partial charge on any atom is -0.399 e. The van der Waals surface area contributed by atoms with Gasteiger partial charge in [0.25, 0.3) is 0 Å². The van der Waals surface area contributed by atoms with E-state index < -0.39 is 12.1 Å². The van der Waals surface area contributed by atoms with Crippen molar-refractivity contribution in [2.75, 3.05) is 47.4 Å². The summed E-state index contributed by atoms with van der Waals surface area (Å²) in [6.45, 7) is 3.21. The van der Waals surface area contributed by atoms with Crippen molar-refractivity contribution in [2.45, 2.75) is 51.1 Å². The molecule has 0 bridgehead atoms. The molecule has 0 spiro atoms. The van der Waals surface area contributed by atoms with Gasteiger partial charge >= 0.3 is 6.18 Å². The molecule has 186 valence electrons. The molecule has 2 saturated heterocycles. The molecule has 4 N–H and O–H groups in total. The maximum Gasteiger partial charge on any atom is 0.393 e. The van der Waals surface area contributed by atoms with E-state index in [9.17, 15) is 13.2 Å². The number of hydrogen-bond acceptors (Lipinski definition) is 4. The van der Waals surface area contributed by atoms with Crippen LogP contribution in [-0.4, -0.2) is 32.4 Å². The predicted molar refractivity (Wildman–Crippen MR) is 135 cm³/mol. The number of alkyl halides is 3. The van der Waals surface area contributed by atoms with Crippen molar-refractivity contribution in [1.82, 2.24) is 0 Å². The largest absolute Gasteiger partial charge is 0.399 e. The van der Waals surface area contributed by atoms with Crippen LogP contribution in [0.25, 0.3) is 0 Å². The summed E-state index contributed by atoms with van der Waals surface area (Å²) < 4.78 is 37.9. The Morgan fingerprint density at radius 3 is 1.71 bits per heavy atom. The highest BCUT2D eigenvalue weighted by Gasteiger charge is 2.41. The zero-order valence-corrected chi connectivity index (χ0v) is 19.8. The van der Waals surface area contributed by atoms with Crippen LogP contribution in [0.3, 0.4) is 0 Å². The van der Waals surface area contributed by atoms with Crippen molar-refractivity contribution in [1.29, 1.82) is 0 Å². The van der Waals surface area contributed by atoms with Gasteiger partial charge in [0.2, 0.25) is 0 Å². The average Bonchev–Trinajstić information content (AvgIpc) is 2.85. The van der Waals surface area contributed by atoms with Gasteiger partial charge in [0.05, 0.1) is 5.92 Å². The lowest BCUT2D eigenvalue weighted by molar-refractivity contribution is -0.175. The zero-order valence-electron chi connectivity index (χ0n) is 19.8. The van der Waals surface area contributed by atoms with E-state index in [2.05, 4.69) is 17.0 Å². The Labute approximate surface area is 201 Å². The van der Waals surface area contributed by atoms with Crippen LogP contribution < -0.4 is 21.3 Å². The third kappa shape index (κ3) is 6.30. The molecule has 0 amide bonds. The highest BCUT2D eigenvalue weighted by atomic mass is 19.4. The molecular weight excluding hydrogens is 437 g/mol. The summed E-state index contributed by atoms with van der Waals surface area (Å²) in [4.78, 5) is 4.33. The molecule has 2 aromatic carbocycles. The summed E-state index contributed by atoms with van der Waals surface area (Å²) in [7, 11) is 0. The van der Waals surface area contributed by atoms with Gasteiger partial charge in [-0.05, 0) is 86.1 Å². The van der Waals surface area contributed by atoms with Gasteiger partial charge in [-0.1, -0.05) is 19.3 Å². The van der Waals surface area contributed by atoms with Crippen molar-refractivity contribution < 1.29 is 13.2 Å². The van der Waals surface area contributed by atoms with Crippen molar-refractivity contribution in [3.05, 3.63) is 48.5 Å². The first kappa shape index (κ1) is 24.6. The van der Waals surface area contributed by atoms with Gasteiger partial charge in [0.1, 0.15) is 0 Å². The van der Waals surface area contributed by atoms with Gasteiger partial charge in [-0.3, -0.25) is 0 Å². The minimum atomic E-state index is -4.09. The lowest BCUT2D eigenvalue weighted by Gasteiger charge is -2.42. The van der Waals surface area contributed by atoms with Crippen molar-refractivity contribution in [3.63, 3.8) is 0 Å². The second kappa shape index (κ2) is 10.8. The third-order valence-electron chi connectivity index (χ3n) is 7.69. The van der Waals surface area contributed by atoms with E-state index in [0.29, 0.717) is 18.7 Å². The van der Waals surface area contributed by atoms with Crippen LogP contribution in [0.15, 0.2) is 48.5 Å². The zero-order chi connectivity index (χ0) is 24.1. The number of benzene rings is 2. The van der Waals surface area contributed by atoms with Gasteiger partial charge in [0, 0.05) is 48.9 Å². The van der Waals surface area contributed by atoms with Crippen LogP contribution in [0.4, 0.5) is 35.9 Å². The highest BCUT2D eigenvalue weighted by molar-refractivity contribution is 5.54. The Morgan fingerprint density at radius 2 is 1.15 bits per heavy atom. The molecule has 1 saturated carbocycles. The Balaban J connectivity index is 0.000000161. The molecule has 2 aliphatic heterocycles. The Kier molecular flexibility index (Phi) is 7.79. The average molecular weight is 475 g/mol. The summed E-state index contributed by atoms with van der Waals surface area (Å²) >= 11 is 0. The molecule has 1 aliphatic carbocycles. The summed E-state index contributed by atoms with van der Waals surface area (Å²) in [6, 6.07) is 15.3. The number of nitrogens with two attached hydrogens (primary N) is 2. The van der Waals surface area contributed by atoms with Crippen LogP contribution in [0.2, 0.25) is 0 Å². The van der Waals surface area contributed by atoms with Crippen LogP contribution in [0.5, 0.6) is 0 Å². The Hall–Kier alpha value is -2.57. The van der Waals surface area contributed by atoms with E-state index in [1.54, 1.807) is 29.2 Å². The summed E-state index contributed by atoms with van der Waals surface area (Å²) in [6.07, 6.45) is 3.92. The quantitative estimate of drug-likeness (QED) is 0.499. The number of hydrogen-bond donors (Lipinski definition) is 2. The van der Waals surface area contributed by atoms with E-state index in [-0.39, 0.29) is 13.0 Å². The minimum absolute atomic E-state index is 0.0490. The van der Waals surface area contributed by atoms with Gasteiger partial charge in [0.15, 0.2) is 0 Å². The van der Waals surface area contributed by atoms with Crippen molar-refractivity contribution in [2.24, 2.45) is 17.8 Å². The van der Waals surface area contributed by atoms with Gasteiger partial charge in [-0.25, -0.2) is 0 Å². The number of piperidine rings is 2. The first-order valence-electron chi connectivity index (χ1n) is 12.6. The lowest BCUT2D eigenvalue weighted by Crippen LogP contribution is -2.41. The number of anilines is 4. The standard InChI is InChI=1S/C15H22N2.C12H15F3N2/c16-14-5-7-15(8-6-14)17-10-9-12-3-1-2-4-13(12)11-17;13-12(14,15)9-2-1-7-17(8-9)11-5-3-10(16)4-6-11/h5-8,12-13H,1-4,9-11,16H2;3-6,9H,1-2,7-8,16H2/t12-,13+;/m1./s1. The van der Waals surface area contributed by atoms with Crippen LogP contribution in [-0.2, 0) is 0 Å². The molecule has 2 aromatic rings. The molecular formula is C27H37F3N4. The topological polar surface area (TPSA) is 58.5 Å². The van der Waals surface area contributed by atoms with E-state index in [1.807, 2.05) is 12.1 Å². The molecule has 1 unspecified atom stereocenters. The molecule has 7 heteroatoms. The first-order valence-corrected chi connectivity index (χ1v) is 12.6. The molecule has 0 aromatic heterocycles. The molecule has 3 atom stereocenters. The van der Waals surface area contributed by atoms with Crippen molar-refractivity contribution >= 4 is 22.7 Å². The molecule has 34 heavy (non-hydrogen) atoms. The number of nitrogen functional groups attached to an aromatic ring is 2. The predicted octanol–water partition coefficient (Wildman–Crippen LogP) is 6.33. The summed E-state index contributed by atoms with van der Waals surface area (Å²) in [5.41, 5.74) is 14.9. The summed E-state index contributed by atoms with van der Waals surface area (Å²) in [5.74, 6) is 0.734. The fourth-order valence-electron chi connectivity index (χ4n) is 5.68. The molecule has 0 radical (unpaired) electrons. The van der Waals surface area contributed by atoms with Gasteiger partial charge in [-0.15, -0.1) is 0 Å². The second-order valence-corrected chi connectivity index (χ2v) is 10.0. The molecule has 5 rings (SSSR count). The van der Waals surface area contributed by atoms with E-state index in [4.69, 9.17) is 11.5 Å². The number of rotatable bonds is 2. The fraction of sp³-hybridized carbons (Fsp3) is 0.556. The molecule has 3 fully saturated rings. The second-order valence-electron chi connectivity index (χ2n) is 10.0. The van der Waals surface area contributed by atoms with Gasteiger partial charge in [-0.2, -0.15) is 13.2 Å². The van der Waals surface area contributed by atoms with Crippen LogP contribution >= 0.6 is 0 Å². The number of nitrogens with zero attached hydrogens (tertiary/aromatic N) is 2. The number of fused-ring (bicyclic) bond motifs is 1. The summed E-state index contributed by atoms with van der Waals surface area (Å²) in [5, 5.41) is 0. The Morgan fingerprint density at radius 1 is 0.618 bits per heavy atom. The van der Waals surface area contributed by atoms with Gasteiger partial charge < -0.3 is 21.3 Å². The fourth-order valence-corrected chi connectivity index (χ4v) is 5.68. The van der Waals surface area contributed by atoms with E-state index >= 15 is 0 Å². The monoisotopic (exact) mass is 474 g/mol. The smallest absolute Gasteiger partial charge is 0.393 e. The first-order chi connectivity index (χ1) is 16.3. The van der Waals surface area contributed by atoms with Crippen LogP contribution in [0, 0.1) is 17.8 Å². The molecule has 3 aliphatic rings.